The predicted octanol–water partition coefficient (Wildman–Crippen LogP) is 6.65. The van der Waals surface area contributed by atoms with E-state index in [0.29, 0.717) is 17.6 Å². The van der Waals surface area contributed by atoms with Crippen molar-refractivity contribution in [3.8, 4) is 0 Å². The Morgan fingerprint density at radius 2 is 1.25 bits per heavy atom. The van der Waals surface area contributed by atoms with Crippen LogP contribution < -0.4 is 0 Å². The van der Waals surface area contributed by atoms with Gasteiger partial charge in [-0.1, -0.05) is 90.4 Å². The monoisotopic (exact) mass is 538 g/mol. The van der Waals surface area contributed by atoms with Crippen molar-refractivity contribution in [2.75, 3.05) is 54.1 Å². The quantitative estimate of drug-likeness (QED) is 0.0602. The molecule has 0 radical (unpaired) electrons. The van der Waals surface area contributed by atoms with Gasteiger partial charge in [-0.3, -0.25) is 13.8 Å². The number of quaternary nitrogens is 1. The standard InChI is InChI=1S/C27H56NO7P/c1-7-8-9-10-11-12-13-14-15-16-17-18-19-20-22-32-24-27(3,35-26(2)29)25-34-36(30,31)33-23-21-28(4,5)6/h7-25H2,1-6H3/p+1. The van der Waals surface area contributed by atoms with Crippen molar-refractivity contribution in [3.63, 3.8) is 0 Å². The molecule has 0 aromatic rings. The molecule has 0 rings (SSSR count). The lowest BCUT2D eigenvalue weighted by molar-refractivity contribution is -0.870. The topological polar surface area (TPSA) is 91.3 Å². The summed E-state index contributed by atoms with van der Waals surface area (Å²) in [5.74, 6) is -0.500. The van der Waals surface area contributed by atoms with Crippen LogP contribution in [-0.4, -0.2) is 75.1 Å². The Hall–Kier alpha value is -0.500. The van der Waals surface area contributed by atoms with Gasteiger partial charge in [-0.15, -0.1) is 0 Å². The molecule has 0 aromatic carbocycles. The summed E-state index contributed by atoms with van der Waals surface area (Å²) in [7, 11) is 1.62. The number of nitrogens with zero attached hydrogens (tertiary/aromatic N) is 1. The molecule has 0 saturated carbocycles. The molecule has 0 saturated heterocycles. The van der Waals surface area contributed by atoms with E-state index in [0.717, 1.165) is 12.8 Å². The molecule has 1 N–H and O–H groups in total. The molecular formula is C27H57NO7P+. The molecule has 0 aliphatic rings. The van der Waals surface area contributed by atoms with Crippen LogP contribution in [0.4, 0.5) is 0 Å². The summed E-state index contributed by atoms with van der Waals surface area (Å²) in [4.78, 5) is 21.5. The Morgan fingerprint density at radius 3 is 1.69 bits per heavy atom. The van der Waals surface area contributed by atoms with Gasteiger partial charge in [-0.2, -0.15) is 0 Å². The minimum Gasteiger partial charge on any atom is -0.455 e. The number of phosphoric ester groups is 1. The van der Waals surface area contributed by atoms with Crippen molar-refractivity contribution in [1.82, 2.24) is 0 Å². The summed E-state index contributed by atoms with van der Waals surface area (Å²) >= 11 is 0. The van der Waals surface area contributed by atoms with Crippen LogP contribution in [0.2, 0.25) is 0 Å². The van der Waals surface area contributed by atoms with Gasteiger partial charge in [0.1, 0.15) is 19.8 Å². The molecule has 36 heavy (non-hydrogen) atoms. The van der Waals surface area contributed by atoms with Crippen molar-refractivity contribution in [2.24, 2.45) is 0 Å². The summed E-state index contributed by atoms with van der Waals surface area (Å²) in [5, 5.41) is 0. The van der Waals surface area contributed by atoms with E-state index in [1.807, 2.05) is 21.1 Å². The van der Waals surface area contributed by atoms with Crippen LogP contribution in [-0.2, 0) is 27.9 Å². The molecule has 0 bridgehead atoms. The number of hydrogen-bond acceptors (Lipinski definition) is 6. The molecule has 8 nitrogen and oxygen atoms in total. The van der Waals surface area contributed by atoms with Gasteiger partial charge < -0.3 is 18.9 Å². The SMILES string of the molecule is CCCCCCCCCCCCCCCCOCC(C)(COP(=O)(O)OCC[N+](C)(C)C)OC(C)=O. The number of carbonyl (C=O) groups excluding carboxylic acids is 1. The summed E-state index contributed by atoms with van der Waals surface area (Å²) in [6, 6.07) is 0. The van der Waals surface area contributed by atoms with Gasteiger partial charge in [0.05, 0.1) is 27.7 Å². The van der Waals surface area contributed by atoms with Gasteiger partial charge in [0, 0.05) is 13.5 Å². The molecular weight excluding hydrogens is 481 g/mol. The number of ether oxygens (including phenoxy) is 2. The molecule has 0 heterocycles. The maximum atomic E-state index is 12.2. The van der Waals surface area contributed by atoms with E-state index >= 15 is 0 Å². The molecule has 216 valence electrons. The normalized spacial score (nSPS) is 15.4. The van der Waals surface area contributed by atoms with E-state index in [-0.39, 0.29) is 19.8 Å². The average Bonchev–Trinajstić information content (AvgIpc) is 2.76. The van der Waals surface area contributed by atoms with E-state index < -0.39 is 19.4 Å². The van der Waals surface area contributed by atoms with Gasteiger partial charge in [0.25, 0.3) is 0 Å². The smallest absolute Gasteiger partial charge is 0.455 e. The molecule has 0 aliphatic carbocycles. The van der Waals surface area contributed by atoms with Crippen molar-refractivity contribution in [2.45, 2.75) is 116 Å². The van der Waals surface area contributed by atoms with E-state index in [1.54, 1.807) is 6.92 Å². The summed E-state index contributed by atoms with van der Waals surface area (Å²) < 4.78 is 34.0. The zero-order chi connectivity index (χ0) is 27.3. The third kappa shape index (κ3) is 23.9. The molecule has 2 atom stereocenters. The first-order valence-corrected chi connectivity index (χ1v) is 15.6. The highest BCUT2D eigenvalue weighted by molar-refractivity contribution is 7.47. The van der Waals surface area contributed by atoms with Crippen molar-refractivity contribution < 1.29 is 37.3 Å². The van der Waals surface area contributed by atoms with Crippen LogP contribution >= 0.6 is 7.82 Å². The third-order valence-corrected chi connectivity index (χ3v) is 6.95. The van der Waals surface area contributed by atoms with Crippen LogP contribution in [0.25, 0.3) is 0 Å². The Morgan fingerprint density at radius 1 is 0.778 bits per heavy atom. The van der Waals surface area contributed by atoms with Gasteiger partial charge in [0.15, 0.2) is 5.60 Å². The molecule has 0 fully saturated rings. The Kier molecular flexibility index (Phi) is 20.2. The molecule has 0 spiro atoms. The van der Waals surface area contributed by atoms with Crippen LogP contribution in [0.1, 0.15) is 111 Å². The minimum absolute atomic E-state index is 0.0805. The predicted molar refractivity (Wildman–Crippen MR) is 146 cm³/mol. The fourth-order valence-corrected chi connectivity index (χ4v) is 4.64. The largest absolute Gasteiger partial charge is 0.472 e. The second-order valence-electron chi connectivity index (χ2n) is 11.3. The fraction of sp³-hybridized carbons (Fsp3) is 0.963. The van der Waals surface area contributed by atoms with Crippen molar-refractivity contribution in [1.29, 1.82) is 0 Å². The third-order valence-electron chi connectivity index (χ3n) is 5.99. The lowest BCUT2D eigenvalue weighted by atomic mass is 10.0. The van der Waals surface area contributed by atoms with E-state index in [4.69, 9.17) is 18.5 Å². The Bertz CT molecular complexity index is 597. The molecule has 9 heteroatoms. The minimum atomic E-state index is -4.25. The lowest BCUT2D eigenvalue weighted by Crippen LogP contribution is -2.41. The first kappa shape index (κ1) is 35.5. The van der Waals surface area contributed by atoms with Crippen LogP contribution in [0.3, 0.4) is 0 Å². The van der Waals surface area contributed by atoms with Crippen LogP contribution in [0.5, 0.6) is 0 Å². The number of unbranched alkanes of at least 4 members (excludes halogenated alkanes) is 13. The number of phosphoric acid groups is 1. The Balaban J connectivity index is 3.94. The second-order valence-corrected chi connectivity index (χ2v) is 12.7. The van der Waals surface area contributed by atoms with Crippen molar-refractivity contribution >= 4 is 13.8 Å². The number of carbonyl (C=O) groups is 1. The number of hydrogen-bond donors (Lipinski definition) is 1. The molecule has 0 amide bonds. The van der Waals surface area contributed by atoms with Crippen LogP contribution in [0.15, 0.2) is 0 Å². The van der Waals surface area contributed by atoms with Crippen molar-refractivity contribution in [3.05, 3.63) is 0 Å². The first-order valence-electron chi connectivity index (χ1n) is 14.1. The summed E-state index contributed by atoms with van der Waals surface area (Å²) in [5.41, 5.74) is -1.16. The highest BCUT2D eigenvalue weighted by atomic mass is 31.2. The summed E-state index contributed by atoms with van der Waals surface area (Å²) in [6.07, 6.45) is 18.1. The van der Waals surface area contributed by atoms with E-state index in [1.165, 1.54) is 84.0 Å². The Labute approximate surface area is 221 Å². The maximum Gasteiger partial charge on any atom is 0.472 e. The van der Waals surface area contributed by atoms with E-state index in [2.05, 4.69) is 6.92 Å². The van der Waals surface area contributed by atoms with Gasteiger partial charge in [-0.05, 0) is 13.3 Å². The molecule has 0 aliphatic heterocycles. The highest BCUT2D eigenvalue weighted by Gasteiger charge is 2.34. The number of likely N-dealkylation sites (N-methyl/N-ethyl adjacent to an activating group) is 1. The molecule has 2 unspecified atom stereocenters. The lowest BCUT2D eigenvalue weighted by Gasteiger charge is -2.29. The average molecular weight is 539 g/mol. The maximum absolute atomic E-state index is 12.2. The number of esters is 1. The highest BCUT2D eigenvalue weighted by Crippen LogP contribution is 2.44. The zero-order valence-electron chi connectivity index (χ0n) is 24.2. The van der Waals surface area contributed by atoms with Gasteiger partial charge in [0.2, 0.25) is 0 Å². The van der Waals surface area contributed by atoms with Crippen LogP contribution in [0, 0.1) is 0 Å². The second kappa shape index (κ2) is 20.5. The zero-order valence-corrected chi connectivity index (χ0v) is 25.1. The number of rotatable bonds is 25. The van der Waals surface area contributed by atoms with Gasteiger partial charge >= 0.3 is 13.8 Å². The molecule has 0 aromatic heterocycles. The van der Waals surface area contributed by atoms with Gasteiger partial charge in [-0.25, -0.2) is 4.57 Å². The summed E-state index contributed by atoms with van der Waals surface area (Å²) in [6.45, 7) is 6.16. The fourth-order valence-electron chi connectivity index (χ4n) is 3.82. The first-order chi connectivity index (χ1) is 16.9. The van der Waals surface area contributed by atoms with E-state index in [9.17, 15) is 14.3 Å².